The van der Waals surface area contributed by atoms with Crippen LogP contribution in [0.15, 0.2) is 21.6 Å². The van der Waals surface area contributed by atoms with Crippen LogP contribution in [0.25, 0.3) is 0 Å². The van der Waals surface area contributed by atoms with Crippen molar-refractivity contribution in [2.24, 2.45) is 0 Å². The molecule has 1 aromatic rings. The smallest absolute Gasteiger partial charge is 0.246 e. The summed E-state index contributed by atoms with van der Waals surface area (Å²) in [6.07, 6.45) is 3.18. The summed E-state index contributed by atoms with van der Waals surface area (Å²) in [6, 6.07) is 1.61. The first-order valence-electron chi connectivity index (χ1n) is 6.86. The van der Waals surface area contributed by atoms with Gasteiger partial charge in [-0.15, -0.1) is 0 Å². The fourth-order valence-electron chi connectivity index (χ4n) is 1.91. The van der Waals surface area contributed by atoms with Crippen LogP contribution in [-0.2, 0) is 10.0 Å². The average Bonchev–Trinajstić information content (AvgIpc) is 2.40. The zero-order valence-corrected chi connectivity index (χ0v) is 14.6. The molecular weight excluding hydrogens is 342 g/mol. The maximum absolute atomic E-state index is 12.8. The topological polar surface area (TPSA) is 62.3 Å². The Morgan fingerprint density at radius 1 is 1.25 bits per heavy atom. The molecule has 0 bridgehead atoms. The second-order valence-electron chi connectivity index (χ2n) is 4.43. The van der Waals surface area contributed by atoms with Gasteiger partial charge in [-0.3, -0.25) is 0 Å². The average molecular weight is 364 g/mol. The maximum atomic E-state index is 12.8. The van der Waals surface area contributed by atoms with Crippen molar-refractivity contribution < 1.29 is 8.42 Å². The molecule has 0 aliphatic rings. The number of hydrogen-bond acceptors (Lipinski definition) is 4. The summed E-state index contributed by atoms with van der Waals surface area (Å²) in [5.41, 5.74) is 0. The fraction of sp³-hybridized carbons (Fsp3) is 0.615. The van der Waals surface area contributed by atoms with Crippen LogP contribution >= 0.6 is 15.9 Å². The lowest BCUT2D eigenvalue weighted by molar-refractivity contribution is 0.410. The SMILES string of the molecule is CCCN(CCC)S(=O)(=O)c1cc(Br)cnc1NCC. The van der Waals surface area contributed by atoms with Crippen LogP contribution in [0, 0.1) is 0 Å². The molecule has 1 N–H and O–H groups in total. The molecule has 1 heterocycles. The molecule has 1 rings (SSSR count). The highest BCUT2D eigenvalue weighted by Crippen LogP contribution is 2.26. The van der Waals surface area contributed by atoms with E-state index in [2.05, 4.69) is 26.2 Å². The van der Waals surface area contributed by atoms with E-state index in [1.165, 1.54) is 4.31 Å². The van der Waals surface area contributed by atoms with Crippen LogP contribution in [0.3, 0.4) is 0 Å². The largest absolute Gasteiger partial charge is 0.369 e. The van der Waals surface area contributed by atoms with Crippen molar-refractivity contribution in [3.05, 3.63) is 16.7 Å². The number of anilines is 1. The van der Waals surface area contributed by atoms with Crippen LogP contribution in [0.2, 0.25) is 0 Å². The molecule has 0 atom stereocenters. The third-order valence-corrected chi connectivity index (χ3v) is 5.07. The monoisotopic (exact) mass is 363 g/mol. The third-order valence-electron chi connectivity index (χ3n) is 2.73. The quantitative estimate of drug-likeness (QED) is 0.770. The van der Waals surface area contributed by atoms with Gasteiger partial charge in [0.15, 0.2) is 0 Å². The van der Waals surface area contributed by atoms with E-state index in [1.54, 1.807) is 12.3 Å². The van der Waals surface area contributed by atoms with Gasteiger partial charge < -0.3 is 5.32 Å². The van der Waals surface area contributed by atoms with Gasteiger partial charge in [-0.05, 0) is 41.8 Å². The van der Waals surface area contributed by atoms with Gasteiger partial charge in [-0.2, -0.15) is 4.31 Å². The predicted octanol–water partition coefficient (Wildman–Crippen LogP) is 3.09. The minimum atomic E-state index is -3.52. The van der Waals surface area contributed by atoms with E-state index in [0.717, 1.165) is 12.8 Å². The van der Waals surface area contributed by atoms with E-state index in [1.807, 2.05) is 20.8 Å². The molecule has 5 nitrogen and oxygen atoms in total. The highest BCUT2D eigenvalue weighted by atomic mass is 79.9. The van der Waals surface area contributed by atoms with Crippen molar-refractivity contribution in [3.8, 4) is 0 Å². The minimum Gasteiger partial charge on any atom is -0.369 e. The minimum absolute atomic E-state index is 0.232. The predicted molar refractivity (Wildman–Crippen MR) is 85.4 cm³/mol. The zero-order valence-electron chi connectivity index (χ0n) is 12.2. The first-order valence-corrected chi connectivity index (χ1v) is 9.10. The van der Waals surface area contributed by atoms with Gasteiger partial charge >= 0.3 is 0 Å². The van der Waals surface area contributed by atoms with Crippen molar-refractivity contribution in [2.75, 3.05) is 25.0 Å². The molecule has 0 aliphatic heterocycles. The van der Waals surface area contributed by atoms with Crippen LogP contribution in [-0.4, -0.2) is 37.3 Å². The summed E-state index contributed by atoms with van der Waals surface area (Å²) < 4.78 is 27.8. The normalized spacial score (nSPS) is 11.8. The molecular formula is C13H22BrN3O2S. The molecule has 7 heteroatoms. The molecule has 0 amide bonds. The summed E-state index contributed by atoms with van der Waals surface area (Å²) in [4.78, 5) is 4.41. The van der Waals surface area contributed by atoms with Crippen LogP contribution in [0.5, 0.6) is 0 Å². The molecule has 0 radical (unpaired) electrons. The van der Waals surface area contributed by atoms with Gasteiger partial charge in [0.25, 0.3) is 0 Å². The van der Waals surface area contributed by atoms with Gasteiger partial charge in [0.2, 0.25) is 10.0 Å². The van der Waals surface area contributed by atoms with Gasteiger partial charge in [0, 0.05) is 30.3 Å². The first kappa shape index (κ1) is 17.4. The van der Waals surface area contributed by atoms with Gasteiger partial charge in [-0.25, -0.2) is 13.4 Å². The molecule has 0 aromatic carbocycles. The number of pyridine rings is 1. The Bertz CT molecular complexity index is 528. The number of nitrogens with zero attached hydrogens (tertiary/aromatic N) is 2. The van der Waals surface area contributed by atoms with Gasteiger partial charge in [0.05, 0.1) is 0 Å². The summed E-state index contributed by atoms with van der Waals surface area (Å²) in [5.74, 6) is 0.410. The lowest BCUT2D eigenvalue weighted by atomic mass is 10.4. The van der Waals surface area contributed by atoms with Gasteiger partial charge in [-0.1, -0.05) is 13.8 Å². The van der Waals surface area contributed by atoms with Crippen molar-refractivity contribution in [1.82, 2.24) is 9.29 Å². The zero-order chi connectivity index (χ0) is 15.2. The van der Waals surface area contributed by atoms with Crippen LogP contribution < -0.4 is 5.32 Å². The molecule has 114 valence electrons. The standard InChI is InChI=1S/C13H22BrN3O2S/c1-4-7-17(8-5-2)20(18,19)12-9-11(14)10-16-13(12)15-6-3/h9-10H,4-8H2,1-3H3,(H,15,16). The highest BCUT2D eigenvalue weighted by Gasteiger charge is 2.26. The van der Waals surface area contributed by atoms with E-state index in [9.17, 15) is 8.42 Å². The second-order valence-corrected chi connectivity index (χ2v) is 7.26. The summed E-state index contributed by atoms with van der Waals surface area (Å²) in [5, 5.41) is 3.01. The molecule has 0 fully saturated rings. The lowest BCUT2D eigenvalue weighted by Gasteiger charge is -2.22. The molecule has 0 unspecified atom stereocenters. The fourth-order valence-corrected chi connectivity index (χ4v) is 4.16. The van der Waals surface area contributed by atoms with Crippen molar-refractivity contribution in [3.63, 3.8) is 0 Å². The summed E-state index contributed by atoms with van der Waals surface area (Å²) in [7, 11) is -3.52. The van der Waals surface area contributed by atoms with Gasteiger partial charge in [0.1, 0.15) is 10.7 Å². The molecule has 20 heavy (non-hydrogen) atoms. The number of halogens is 1. The maximum Gasteiger partial charge on any atom is 0.246 e. The molecule has 0 spiro atoms. The first-order chi connectivity index (χ1) is 9.47. The molecule has 1 aromatic heterocycles. The Morgan fingerprint density at radius 3 is 2.35 bits per heavy atom. The van der Waals surface area contributed by atoms with Crippen molar-refractivity contribution in [2.45, 2.75) is 38.5 Å². The van der Waals surface area contributed by atoms with E-state index < -0.39 is 10.0 Å². The highest BCUT2D eigenvalue weighted by molar-refractivity contribution is 9.10. The van der Waals surface area contributed by atoms with E-state index in [-0.39, 0.29) is 4.90 Å². The molecule has 0 saturated heterocycles. The Morgan fingerprint density at radius 2 is 1.85 bits per heavy atom. The Kier molecular flexibility index (Phi) is 6.91. The number of rotatable bonds is 8. The second kappa shape index (κ2) is 7.95. The van der Waals surface area contributed by atoms with Crippen molar-refractivity contribution >= 4 is 31.8 Å². The Labute approximate surface area is 130 Å². The lowest BCUT2D eigenvalue weighted by Crippen LogP contribution is -2.33. The summed E-state index contributed by atoms with van der Waals surface area (Å²) in [6.45, 7) is 7.53. The Hall–Kier alpha value is -0.660. The number of sulfonamides is 1. The van der Waals surface area contributed by atoms with E-state index in [0.29, 0.717) is 29.9 Å². The number of aromatic nitrogens is 1. The van der Waals surface area contributed by atoms with Crippen LogP contribution in [0.4, 0.5) is 5.82 Å². The number of hydrogen-bond donors (Lipinski definition) is 1. The van der Waals surface area contributed by atoms with Crippen LogP contribution in [0.1, 0.15) is 33.6 Å². The number of nitrogens with one attached hydrogen (secondary N) is 1. The molecule has 0 saturated carbocycles. The van der Waals surface area contributed by atoms with E-state index >= 15 is 0 Å². The summed E-state index contributed by atoms with van der Waals surface area (Å²) >= 11 is 3.29. The van der Waals surface area contributed by atoms with Crippen molar-refractivity contribution in [1.29, 1.82) is 0 Å². The Balaban J connectivity index is 3.27. The third kappa shape index (κ3) is 4.17. The van der Waals surface area contributed by atoms with E-state index in [4.69, 9.17) is 0 Å². The molecule has 0 aliphatic carbocycles.